The van der Waals surface area contributed by atoms with Gasteiger partial charge < -0.3 is 35.0 Å². The van der Waals surface area contributed by atoms with E-state index in [1.165, 1.54) is 24.3 Å². The maximum atomic E-state index is 13.0. The highest BCUT2D eigenvalue weighted by atomic mass is 19.4. The van der Waals surface area contributed by atoms with Crippen LogP contribution in [0.2, 0.25) is 0 Å². The quantitative estimate of drug-likeness (QED) is 0.148. The number of hydrogen-bond donors (Lipinski definition) is 4. The van der Waals surface area contributed by atoms with Gasteiger partial charge in [-0.2, -0.15) is 26.3 Å². The highest BCUT2D eigenvalue weighted by Crippen LogP contribution is 2.33. The summed E-state index contributed by atoms with van der Waals surface area (Å²) >= 11 is 0. The van der Waals surface area contributed by atoms with E-state index in [1.807, 2.05) is 9.80 Å². The molecule has 0 amide bonds. The van der Waals surface area contributed by atoms with Crippen LogP contribution in [0.3, 0.4) is 0 Å². The number of carbonyl (C=O) groups is 4. The van der Waals surface area contributed by atoms with Gasteiger partial charge in [-0.3, -0.25) is 9.80 Å². The van der Waals surface area contributed by atoms with Crippen molar-refractivity contribution in [2.24, 2.45) is 0 Å². The molecule has 4 N–H and O–H groups in total. The van der Waals surface area contributed by atoms with Crippen molar-refractivity contribution < 1.29 is 70.7 Å². The highest BCUT2D eigenvalue weighted by molar-refractivity contribution is 5.90. The third-order valence-corrected chi connectivity index (χ3v) is 7.38. The lowest BCUT2D eigenvalue weighted by molar-refractivity contribution is -0.138. The molecular weight excluding hydrogens is 710 g/mol. The standard InChI is InChI=1S/C25H30F6N4O.2C4H4O4/c26-24(27,28)20-3-1-5-22(17-20)34-11-7-32(8-12-34)15-16-36-19-33-9-13-35(14-10-33)23-6-2-4-21(18-23)25(29,30)31;2*5-3(6)1-2-4(7)8/h1-6,17-18H,7-16,19H2;2*1-2H,(H,5,6)(H,7,8)/b;2*2-1+. The van der Waals surface area contributed by atoms with Crippen molar-refractivity contribution in [1.82, 2.24) is 9.80 Å². The van der Waals surface area contributed by atoms with E-state index < -0.39 is 47.4 Å². The van der Waals surface area contributed by atoms with Gasteiger partial charge in [-0.1, -0.05) is 12.1 Å². The van der Waals surface area contributed by atoms with Crippen molar-refractivity contribution in [1.29, 1.82) is 0 Å². The minimum atomic E-state index is -4.35. The van der Waals surface area contributed by atoms with E-state index in [0.717, 1.165) is 31.8 Å². The van der Waals surface area contributed by atoms with Crippen LogP contribution < -0.4 is 9.80 Å². The zero-order chi connectivity index (χ0) is 38.9. The molecule has 0 atom stereocenters. The second-order valence-electron chi connectivity index (χ2n) is 11.1. The molecule has 13 nitrogen and oxygen atoms in total. The number of alkyl halides is 6. The van der Waals surface area contributed by atoms with Gasteiger partial charge in [0.1, 0.15) is 0 Å². The van der Waals surface area contributed by atoms with E-state index in [0.29, 0.717) is 88.3 Å². The first-order valence-corrected chi connectivity index (χ1v) is 15.5. The number of rotatable bonds is 11. The Labute approximate surface area is 294 Å². The Kier molecular flexibility index (Phi) is 17.1. The second-order valence-corrected chi connectivity index (χ2v) is 11.1. The Balaban J connectivity index is 0.000000487. The fraction of sp³-hybridized carbons (Fsp3) is 0.394. The summed E-state index contributed by atoms with van der Waals surface area (Å²) < 4.78 is 83.6. The summed E-state index contributed by atoms with van der Waals surface area (Å²) in [5.41, 5.74) is -0.104. The van der Waals surface area contributed by atoms with Crippen LogP contribution in [0.25, 0.3) is 0 Å². The van der Waals surface area contributed by atoms with Crippen molar-refractivity contribution >= 4 is 35.3 Å². The number of nitrogens with zero attached hydrogens (tertiary/aromatic N) is 4. The van der Waals surface area contributed by atoms with Crippen LogP contribution in [0.15, 0.2) is 72.8 Å². The van der Waals surface area contributed by atoms with E-state index in [1.54, 1.807) is 12.1 Å². The first-order valence-electron chi connectivity index (χ1n) is 15.5. The molecule has 19 heteroatoms. The summed E-state index contributed by atoms with van der Waals surface area (Å²) in [4.78, 5) is 46.5. The summed E-state index contributed by atoms with van der Waals surface area (Å²) in [5, 5.41) is 31.2. The molecule has 52 heavy (non-hydrogen) atoms. The number of anilines is 2. The molecular formula is C33H38F6N4O9. The Morgan fingerprint density at radius 1 is 0.577 bits per heavy atom. The lowest BCUT2D eigenvalue weighted by Crippen LogP contribution is -2.48. The summed E-state index contributed by atoms with van der Waals surface area (Å²) in [5.74, 6) is -5.03. The molecule has 2 fully saturated rings. The van der Waals surface area contributed by atoms with E-state index in [-0.39, 0.29) is 0 Å². The number of hydrogen-bond acceptors (Lipinski definition) is 9. The van der Waals surface area contributed by atoms with Gasteiger partial charge in [0.25, 0.3) is 0 Å². The first kappa shape index (κ1) is 43.0. The van der Waals surface area contributed by atoms with Gasteiger partial charge in [-0.05, 0) is 36.4 Å². The van der Waals surface area contributed by atoms with Crippen molar-refractivity contribution in [2.45, 2.75) is 12.4 Å². The maximum Gasteiger partial charge on any atom is 0.416 e. The molecule has 4 rings (SSSR count). The largest absolute Gasteiger partial charge is 0.478 e. The number of piperazine rings is 2. The van der Waals surface area contributed by atoms with E-state index in [9.17, 15) is 45.5 Å². The van der Waals surface area contributed by atoms with Gasteiger partial charge in [0.2, 0.25) is 0 Å². The predicted octanol–water partition coefficient (Wildman–Crippen LogP) is 4.07. The van der Waals surface area contributed by atoms with Crippen LogP contribution in [-0.4, -0.2) is 126 Å². The summed E-state index contributed by atoms with van der Waals surface area (Å²) in [7, 11) is 0. The molecule has 2 aromatic carbocycles. The first-order chi connectivity index (χ1) is 24.3. The van der Waals surface area contributed by atoms with Gasteiger partial charge in [-0.15, -0.1) is 0 Å². The maximum absolute atomic E-state index is 13.0. The van der Waals surface area contributed by atoms with E-state index >= 15 is 0 Å². The third kappa shape index (κ3) is 16.7. The van der Waals surface area contributed by atoms with Crippen molar-refractivity contribution in [3.05, 3.63) is 84.0 Å². The van der Waals surface area contributed by atoms with Crippen molar-refractivity contribution in [3.63, 3.8) is 0 Å². The molecule has 286 valence electrons. The lowest BCUT2D eigenvalue weighted by atomic mass is 10.1. The van der Waals surface area contributed by atoms with Gasteiger partial charge >= 0.3 is 36.2 Å². The zero-order valence-electron chi connectivity index (χ0n) is 27.6. The normalized spacial score (nSPS) is 15.8. The molecule has 0 radical (unpaired) electrons. The minimum Gasteiger partial charge on any atom is -0.478 e. The fourth-order valence-corrected chi connectivity index (χ4v) is 4.80. The minimum absolute atomic E-state index is 0.459. The average molecular weight is 749 g/mol. The van der Waals surface area contributed by atoms with Crippen LogP contribution >= 0.6 is 0 Å². The SMILES string of the molecule is FC(F)(F)c1cccc(N2CCN(CCOCN3CCN(c4cccc(C(F)(F)F)c4)CC3)CC2)c1.O=C(O)/C=C/C(=O)O.O=C(O)/C=C/C(=O)O. The van der Waals surface area contributed by atoms with Crippen LogP contribution in [-0.2, 0) is 36.3 Å². The molecule has 2 saturated heterocycles. The lowest BCUT2D eigenvalue weighted by Gasteiger charge is -2.37. The van der Waals surface area contributed by atoms with Crippen LogP contribution in [0, 0.1) is 0 Å². The van der Waals surface area contributed by atoms with Gasteiger partial charge in [-0.25, -0.2) is 19.2 Å². The second kappa shape index (κ2) is 20.6. The van der Waals surface area contributed by atoms with Gasteiger partial charge in [0.05, 0.1) is 24.5 Å². The molecule has 0 aliphatic carbocycles. The molecule has 2 aliphatic rings. The summed E-state index contributed by atoms with van der Waals surface area (Å²) in [6.45, 7) is 7.18. The average Bonchev–Trinajstić information content (AvgIpc) is 3.09. The zero-order valence-corrected chi connectivity index (χ0v) is 27.6. The number of benzene rings is 2. The number of carboxylic acid groups (broad SMARTS) is 4. The van der Waals surface area contributed by atoms with Gasteiger partial charge in [0.15, 0.2) is 0 Å². The topological polar surface area (TPSA) is 171 Å². The predicted molar refractivity (Wildman–Crippen MR) is 175 cm³/mol. The molecule has 2 aliphatic heterocycles. The molecule has 0 spiro atoms. The molecule has 0 bridgehead atoms. The number of halogens is 6. The Bertz CT molecular complexity index is 1390. The van der Waals surface area contributed by atoms with E-state index in [4.69, 9.17) is 25.2 Å². The molecule has 0 aromatic heterocycles. The van der Waals surface area contributed by atoms with Gasteiger partial charge in [0, 0.05) is 94.6 Å². The Morgan fingerprint density at radius 2 is 0.923 bits per heavy atom. The van der Waals surface area contributed by atoms with Crippen LogP contribution in [0.4, 0.5) is 37.7 Å². The Morgan fingerprint density at radius 3 is 1.25 bits per heavy atom. The van der Waals surface area contributed by atoms with Crippen LogP contribution in [0.5, 0.6) is 0 Å². The van der Waals surface area contributed by atoms with Crippen molar-refractivity contribution in [2.75, 3.05) is 82.0 Å². The highest BCUT2D eigenvalue weighted by Gasteiger charge is 2.32. The number of ether oxygens (including phenoxy) is 1. The number of aliphatic carboxylic acids is 4. The summed E-state index contributed by atoms with van der Waals surface area (Å²) in [6.07, 6.45) is -6.47. The van der Waals surface area contributed by atoms with E-state index in [2.05, 4.69) is 9.80 Å². The van der Waals surface area contributed by atoms with Crippen LogP contribution in [0.1, 0.15) is 11.1 Å². The molecule has 2 aromatic rings. The molecule has 0 unspecified atom stereocenters. The third-order valence-electron chi connectivity index (χ3n) is 7.38. The fourth-order valence-electron chi connectivity index (χ4n) is 4.80. The molecule has 2 heterocycles. The number of carboxylic acids is 4. The summed E-state index contributed by atoms with van der Waals surface area (Å²) in [6, 6.07) is 10.9. The monoisotopic (exact) mass is 748 g/mol. The smallest absolute Gasteiger partial charge is 0.416 e. The molecule has 0 saturated carbocycles. The van der Waals surface area contributed by atoms with Crippen molar-refractivity contribution in [3.8, 4) is 0 Å². The Hall–Kier alpha value is -5.14.